The smallest absolute Gasteiger partial charge is 0.138 e. The van der Waals surface area contributed by atoms with Crippen molar-refractivity contribution in [1.29, 1.82) is 0 Å². The molecule has 0 amide bonds. The zero-order valence-electron chi connectivity index (χ0n) is 13.8. The summed E-state index contributed by atoms with van der Waals surface area (Å²) in [5.41, 5.74) is -0.489. The number of hydrogen-bond acceptors (Lipinski definition) is 5. The van der Waals surface area contributed by atoms with E-state index in [1.54, 1.807) is 0 Å². The fourth-order valence-electron chi connectivity index (χ4n) is 1.63. The van der Waals surface area contributed by atoms with Crippen molar-refractivity contribution in [3.8, 4) is 0 Å². The maximum atomic E-state index is 9.53. The molecular formula is C15H28N4O. The normalized spacial score (nSPS) is 12.4. The molecule has 0 saturated carbocycles. The number of aliphatic hydroxyl groups is 1. The number of nitrogens with one attached hydrogen (secondary N) is 1. The first-order valence-corrected chi connectivity index (χ1v) is 7.10. The highest BCUT2D eigenvalue weighted by atomic mass is 16.3. The standard InChI is InChI=1S/C15H28N4O/c1-8-16-11-9-12(19(7)15(5,6)10-20)18-13(17-11)14(2,3)4/h9,20H,8,10H2,1-7H3,(H,16,17,18). The van der Waals surface area contributed by atoms with Crippen LogP contribution in [0.2, 0.25) is 0 Å². The molecule has 0 bridgehead atoms. The third-order valence-electron chi connectivity index (χ3n) is 3.38. The van der Waals surface area contributed by atoms with Gasteiger partial charge in [-0.05, 0) is 20.8 Å². The van der Waals surface area contributed by atoms with Gasteiger partial charge in [0.15, 0.2) is 0 Å². The van der Waals surface area contributed by atoms with Crippen LogP contribution in [0.1, 0.15) is 47.4 Å². The Bertz CT molecular complexity index is 452. The summed E-state index contributed by atoms with van der Waals surface area (Å²) < 4.78 is 0. The van der Waals surface area contributed by atoms with Crippen molar-refractivity contribution in [1.82, 2.24) is 9.97 Å². The molecule has 0 aliphatic rings. The van der Waals surface area contributed by atoms with Gasteiger partial charge >= 0.3 is 0 Å². The highest BCUT2D eigenvalue weighted by Gasteiger charge is 2.26. The maximum Gasteiger partial charge on any atom is 0.138 e. The Morgan fingerprint density at radius 2 is 1.80 bits per heavy atom. The molecule has 20 heavy (non-hydrogen) atoms. The molecule has 1 aromatic rings. The molecule has 0 saturated heterocycles. The van der Waals surface area contributed by atoms with Crippen molar-refractivity contribution < 1.29 is 5.11 Å². The molecule has 1 heterocycles. The summed E-state index contributed by atoms with van der Waals surface area (Å²) in [4.78, 5) is 11.2. The minimum Gasteiger partial charge on any atom is -0.394 e. The molecule has 0 aromatic carbocycles. The highest BCUT2D eigenvalue weighted by Crippen LogP contribution is 2.26. The molecule has 0 atom stereocenters. The summed E-state index contributed by atoms with van der Waals surface area (Å²) >= 11 is 0. The van der Waals surface area contributed by atoms with Crippen LogP contribution in [0, 0.1) is 0 Å². The van der Waals surface area contributed by atoms with Crippen molar-refractivity contribution in [3.05, 3.63) is 11.9 Å². The molecule has 0 unspecified atom stereocenters. The lowest BCUT2D eigenvalue weighted by Crippen LogP contribution is -2.45. The molecule has 0 radical (unpaired) electrons. The van der Waals surface area contributed by atoms with Crippen molar-refractivity contribution >= 4 is 11.6 Å². The van der Waals surface area contributed by atoms with Crippen molar-refractivity contribution in [2.24, 2.45) is 0 Å². The van der Waals surface area contributed by atoms with E-state index in [9.17, 15) is 5.11 Å². The van der Waals surface area contributed by atoms with Gasteiger partial charge < -0.3 is 15.3 Å². The molecule has 1 aromatic heterocycles. The highest BCUT2D eigenvalue weighted by molar-refractivity contribution is 5.51. The number of nitrogens with zero attached hydrogens (tertiary/aromatic N) is 3. The fourth-order valence-corrected chi connectivity index (χ4v) is 1.63. The summed E-state index contributed by atoms with van der Waals surface area (Å²) in [6.07, 6.45) is 0. The van der Waals surface area contributed by atoms with Crippen molar-refractivity contribution in [3.63, 3.8) is 0 Å². The fraction of sp³-hybridized carbons (Fsp3) is 0.733. The Balaban J connectivity index is 3.28. The molecule has 5 heteroatoms. The quantitative estimate of drug-likeness (QED) is 0.867. The third kappa shape index (κ3) is 3.82. The summed E-state index contributed by atoms with van der Waals surface area (Å²) in [6.45, 7) is 13.2. The Hall–Kier alpha value is -1.36. The van der Waals surface area contributed by atoms with Crippen LogP contribution in [0.3, 0.4) is 0 Å². The molecule has 5 nitrogen and oxygen atoms in total. The second-order valence-corrected chi connectivity index (χ2v) is 6.74. The van der Waals surface area contributed by atoms with E-state index in [1.165, 1.54) is 0 Å². The first kappa shape index (κ1) is 16.7. The molecule has 114 valence electrons. The van der Waals surface area contributed by atoms with Crippen LogP contribution in [-0.4, -0.2) is 40.8 Å². The van der Waals surface area contributed by atoms with Gasteiger partial charge in [0.1, 0.15) is 17.5 Å². The van der Waals surface area contributed by atoms with E-state index in [4.69, 9.17) is 0 Å². The first-order valence-electron chi connectivity index (χ1n) is 7.10. The van der Waals surface area contributed by atoms with E-state index < -0.39 is 0 Å². The minimum absolute atomic E-state index is 0.0644. The largest absolute Gasteiger partial charge is 0.394 e. The van der Waals surface area contributed by atoms with Crippen LogP contribution >= 0.6 is 0 Å². The summed E-state index contributed by atoms with van der Waals surface area (Å²) in [6, 6.07) is 1.93. The van der Waals surface area contributed by atoms with E-state index in [1.807, 2.05) is 38.8 Å². The number of anilines is 2. The lowest BCUT2D eigenvalue weighted by Gasteiger charge is -2.35. The molecule has 0 aliphatic heterocycles. The average molecular weight is 280 g/mol. The van der Waals surface area contributed by atoms with Crippen LogP contribution in [0.5, 0.6) is 0 Å². The predicted molar refractivity (Wildman–Crippen MR) is 84.5 cm³/mol. The Morgan fingerprint density at radius 1 is 1.20 bits per heavy atom. The number of hydrogen-bond donors (Lipinski definition) is 2. The second-order valence-electron chi connectivity index (χ2n) is 6.74. The van der Waals surface area contributed by atoms with E-state index in [0.29, 0.717) is 0 Å². The Kier molecular flexibility index (Phi) is 4.97. The number of aliphatic hydroxyl groups excluding tert-OH is 1. The van der Waals surface area contributed by atoms with Crippen molar-refractivity contribution in [2.45, 2.75) is 52.5 Å². The Morgan fingerprint density at radius 3 is 2.25 bits per heavy atom. The Labute approximate surface area is 122 Å². The van der Waals surface area contributed by atoms with Crippen molar-refractivity contribution in [2.75, 3.05) is 30.4 Å². The van der Waals surface area contributed by atoms with Gasteiger partial charge in [-0.2, -0.15) is 0 Å². The molecule has 0 fully saturated rings. The van der Waals surface area contributed by atoms with Gasteiger partial charge in [0, 0.05) is 25.1 Å². The maximum absolute atomic E-state index is 9.53. The van der Waals surface area contributed by atoms with Gasteiger partial charge in [-0.1, -0.05) is 20.8 Å². The zero-order valence-corrected chi connectivity index (χ0v) is 13.8. The van der Waals surface area contributed by atoms with Crippen LogP contribution in [0.15, 0.2) is 6.07 Å². The lowest BCUT2D eigenvalue weighted by molar-refractivity contribution is 0.215. The van der Waals surface area contributed by atoms with E-state index >= 15 is 0 Å². The summed E-state index contributed by atoms with van der Waals surface area (Å²) in [5.74, 6) is 2.44. The van der Waals surface area contributed by atoms with Crippen LogP contribution in [0.4, 0.5) is 11.6 Å². The molecular weight excluding hydrogens is 252 g/mol. The molecule has 1 rings (SSSR count). The average Bonchev–Trinajstić information content (AvgIpc) is 2.36. The SMILES string of the molecule is CCNc1cc(N(C)C(C)(C)CO)nc(C(C)(C)C)n1. The van der Waals surface area contributed by atoms with Crippen LogP contribution in [0.25, 0.3) is 0 Å². The monoisotopic (exact) mass is 280 g/mol. The summed E-state index contributed by atoms with van der Waals surface area (Å²) in [7, 11) is 1.95. The molecule has 0 aliphatic carbocycles. The van der Waals surface area contributed by atoms with Crippen LogP contribution in [-0.2, 0) is 5.41 Å². The third-order valence-corrected chi connectivity index (χ3v) is 3.38. The van der Waals surface area contributed by atoms with Gasteiger partial charge in [0.25, 0.3) is 0 Å². The zero-order chi connectivity index (χ0) is 15.6. The van der Waals surface area contributed by atoms with Gasteiger partial charge in [-0.15, -0.1) is 0 Å². The van der Waals surface area contributed by atoms with Gasteiger partial charge in [0.2, 0.25) is 0 Å². The second kappa shape index (κ2) is 5.95. The number of rotatable bonds is 5. The number of likely N-dealkylation sites (N-methyl/N-ethyl adjacent to an activating group) is 1. The first-order chi connectivity index (χ1) is 9.11. The predicted octanol–water partition coefficient (Wildman–Crippen LogP) is 2.41. The molecule has 0 spiro atoms. The van der Waals surface area contributed by atoms with Gasteiger partial charge in [-0.3, -0.25) is 0 Å². The topological polar surface area (TPSA) is 61.3 Å². The van der Waals surface area contributed by atoms with Gasteiger partial charge in [0.05, 0.1) is 12.1 Å². The van der Waals surface area contributed by atoms with E-state index in [2.05, 4.69) is 36.1 Å². The van der Waals surface area contributed by atoms with Gasteiger partial charge in [-0.25, -0.2) is 9.97 Å². The minimum atomic E-state index is -0.368. The lowest BCUT2D eigenvalue weighted by atomic mass is 9.95. The summed E-state index contributed by atoms with van der Waals surface area (Å²) in [5, 5.41) is 12.8. The van der Waals surface area contributed by atoms with E-state index in [0.717, 1.165) is 24.0 Å². The van der Waals surface area contributed by atoms with Crippen LogP contribution < -0.4 is 10.2 Å². The number of aromatic nitrogens is 2. The molecule has 2 N–H and O–H groups in total. The van der Waals surface area contributed by atoms with E-state index in [-0.39, 0.29) is 17.6 Å².